The van der Waals surface area contributed by atoms with Crippen LogP contribution in [-0.4, -0.2) is 77.5 Å². The largest absolute Gasteiger partial charge is 0.497 e. The van der Waals surface area contributed by atoms with Crippen LogP contribution in [0.1, 0.15) is 43.7 Å². The molecule has 3 heterocycles. The Labute approximate surface area is 286 Å². The maximum Gasteiger partial charge on any atom is 0.280 e. The van der Waals surface area contributed by atoms with Gasteiger partial charge in [0.1, 0.15) is 35.4 Å². The lowest BCUT2D eigenvalue weighted by Gasteiger charge is -2.40. The van der Waals surface area contributed by atoms with Crippen LogP contribution in [0.4, 0.5) is 0 Å². The SMILES string of the molecule is COc1ccc(C(OC[C@H]2O[C@@H](n3nnc4c(=O)[nH]cnc43)[C@H](O[Si](C)(C)C(C)(C)C)[C@@H]2O)(c2ccccc2)c2ccc(OC)cc2)cc1. The van der Waals surface area contributed by atoms with Crippen molar-refractivity contribution in [2.45, 2.75) is 69.0 Å². The van der Waals surface area contributed by atoms with Gasteiger partial charge in [0.15, 0.2) is 25.7 Å². The normalized spacial score (nSPS) is 20.1. The molecular formula is C36H43N5O7Si. The molecule has 2 aromatic heterocycles. The number of aliphatic hydroxyl groups is 1. The van der Waals surface area contributed by atoms with Gasteiger partial charge in [-0.3, -0.25) is 4.79 Å². The number of aromatic amines is 1. The fraction of sp³-hybridized carbons (Fsp3) is 0.389. The number of rotatable bonds is 11. The van der Waals surface area contributed by atoms with E-state index in [1.807, 2.05) is 78.9 Å². The first-order chi connectivity index (χ1) is 23.4. The Bertz CT molecular complexity index is 1880. The van der Waals surface area contributed by atoms with E-state index in [-0.39, 0.29) is 22.8 Å². The molecule has 1 aliphatic heterocycles. The van der Waals surface area contributed by atoms with Crippen molar-refractivity contribution in [1.29, 1.82) is 0 Å². The monoisotopic (exact) mass is 685 g/mol. The summed E-state index contributed by atoms with van der Waals surface area (Å²) < 4.78 is 32.9. The van der Waals surface area contributed by atoms with Gasteiger partial charge >= 0.3 is 0 Å². The maximum atomic E-state index is 12.5. The Morgan fingerprint density at radius 2 is 1.47 bits per heavy atom. The number of benzene rings is 3. The number of fused-ring (bicyclic) bond motifs is 1. The average molecular weight is 686 g/mol. The van der Waals surface area contributed by atoms with Crippen LogP contribution in [0.5, 0.6) is 11.5 Å². The van der Waals surface area contributed by atoms with Gasteiger partial charge in [-0.25, -0.2) is 4.98 Å². The van der Waals surface area contributed by atoms with Crippen LogP contribution in [0.25, 0.3) is 11.2 Å². The summed E-state index contributed by atoms with van der Waals surface area (Å²) in [6, 6.07) is 25.4. The van der Waals surface area contributed by atoms with E-state index in [2.05, 4.69) is 54.1 Å². The average Bonchev–Trinajstić information content (AvgIpc) is 3.66. The highest BCUT2D eigenvalue weighted by Crippen LogP contribution is 2.45. The molecule has 1 saturated heterocycles. The summed E-state index contributed by atoms with van der Waals surface area (Å²) >= 11 is 0. The Morgan fingerprint density at radius 1 is 0.898 bits per heavy atom. The van der Waals surface area contributed by atoms with Gasteiger partial charge in [-0.15, -0.1) is 5.10 Å². The van der Waals surface area contributed by atoms with Crippen LogP contribution >= 0.6 is 0 Å². The van der Waals surface area contributed by atoms with E-state index in [4.69, 9.17) is 23.4 Å². The molecule has 2 N–H and O–H groups in total. The van der Waals surface area contributed by atoms with Crippen molar-refractivity contribution in [2.75, 3.05) is 20.8 Å². The van der Waals surface area contributed by atoms with Crippen LogP contribution in [-0.2, 0) is 19.5 Å². The smallest absolute Gasteiger partial charge is 0.280 e. The van der Waals surface area contributed by atoms with Gasteiger partial charge in [-0.05, 0) is 59.1 Å². The number of methoxy groups -OCH3 is 2. The molecule has 258 valence electrons. The fourth-order valence-electron chi connectivity index (χ4n) is 5.93. The summed E-state index contributed by atoms with van der Waals surface area (Å²) in [5, 5.41) is 20.2. The van der Waals surface area contributed by atoms with Gasteiger partial charge in [-0.2, -0.15) is 4.68 Å². The number of aromatic nitrogens is 5. The minimum Gasteiger partial charge on any atom is -0.497 e. The van der Waals surface area contributed by atoms with Crippen molar-refractivity contribution >= 4 is 19.5 Å². The Morgan fingerprint density at radius 3 is 2.02 bits per heavy atom. The third kappa shape index (κ3) is 6.40. The van der Waals surface area contributed by atoms with Gasteiger partial charge in [0.25, 0.3) is 5.56 Å². The first-order valence-corrected chi connectivity index (χ1v) is 19.1. The molecule has 12 nitrogen and oxygen atoms in total. The molecule has 6 rings (SSSR count). The third-order valence-electron chi connectivity index (χ3n) is 9.70. The quantitative estimate of drug-likeness (QED) is 0.141. The van der Waals surface area contributed by atoms with E-state index >= 15 is 0 Å². The number of nitrogens with zero attached hydrogens (tertiary/aromatic N) is 4. The molecule has 4 atom stereocenters. The van der Waals surface area contributed by atoms with Crippen molar-refractivity contribution in [3.8, 4) is 11.5 Å². The van der Waals surface area contributed by atoms with Gasteiger partial charge in [0.05, 0.1) is 27.2 Å². The molecule has 0 spiro atoms. The van der Waals surface area contributed by atoms with Crippen LogP contribution in [0.2, 0.25) is 18.1 Å². The second kappa shape index (κ2) is 13.5. The molecule has 1 fully saturated rings. The zero-order valence-corrected chi connectivity index (χ0v) is 29.8. The number of ether oxygens (including phenoxy) is 4. The number of H-pyrrole nitrogens is 1. The van der Waals surface area contributed by atoms with Crippen molar-refractivity contribution in [3.05, 3.63) is 112 Å². The molecule has 5 aromatic rings. The highest BCUT2D eigenvalue weighted by Gasteiger charge is 2.52. The fourth-order valence-corrected chi connectivity index (χ4v) is 7.22. The van der Waals surface area contributed by atoms with Crippen molar-refractivity contribution < 1.29 is 28.5 Å². The molecule has 13 heteroatoms. The lowest BCUT2D eigenvalue weighted by atomic mass is 9.80. The topological polar surface area (TPSA) is 143 Å². The predicted octanol–water partition coefficient (Wildman–Crippen LogP) is 5.19. The van der Waals surface area contributed by atoms with Gasteiger partial charge < -0.3 is 33.5 Å². The number of hydrogen-bond donors (Lipinski definition) is 2. The molecule has 0 bridgehead atoms. The third-order valence-corrected chi connectivity index (χ3v) is 14.2. The van der Waals surface area contributed by atoms with E-state index in [1.54, 1.807) is 14.2 Å². The van der Waals surface area contributed by atoms with E-state index in [9.17, 15) is 9.90 Å². The zero-order chi connectivity index (χ0) is 35.0. The summed E-state index contributed by atoms with van der Waals surface area (Å²) in [4.78, 5) is 19.4. The lowest BCUT2D eigenvalue weighted by Crippen LogP contribution is -2.49. The molecule has 0 amide bonds. The number of nitrogens with one attached hydrogen (secondary N) is 1. The molecule has 0 radical (unpaired) electrons. The zero-order valence-electron chi connectivity index (χ0n) is 28.8. The van der Waals surface area contributed by atoms with E-state index in [0.717, 1.165) is 16.7 Å². The van der Waals surface area contributed by atoms with Gasteiger partial charge in [0, 0.05) is 0 Å². The molecule has 1 aliphatic rings. The summed E-state index contributed by atoms with van der Waals surface area (Å²) in [5.41, 5.74) is 1.28. The van der Waals surface area contributed by atoms with E-state index in [0.29, 0.717) is 11.5 Å². The molecule has 0 unspecified atom stereocenters. The van der Waals surface area contributed by atoms with Crippen molar-refractivity contribution in [2.24, 2.45) is 0 Å². The second-order valence-corrected chi connectivity index (χ2v) is 18.4. The van der Waals surface area contributed by atoms with E-state index < -0.39 is 44.0 Å². The summed E-state index contributed by atoms with van der Waals surface area (Å²) in [5.74, 6) is 1.41. The minimum atomic E-state index is -2.46. The molecular weight excluding hydrogens is 643 g/mol. The highest BCUT2D eigenvalue weighted by molar-refractivity contribution is 6.74. The molecule has 49 heavy (non-hydrogen) atoms. The first-order valence-electron chi connectivity index (χ1n) is 16.2. The number of aliphatic hydroxyl groups excluding tert-OH is 1. The molecule has 0 saturated carbocycles. The van der Waals surface area contributed by atoms with Gasteiger partial charge in [-0.1, -0.05) is 80.6 Å². The first kappa shape index (κ1) is 34.5. The van der Waals surface area contributed by atoms with Crippen LogP contribution in [0, 0.1) is 0 Å². The number of hydrogen-bond acceptors (Lipinski definition) is 10. The van der Waals surface area contributed by atoms with Crippen molar-refractivity contribution in [1.82, 2.24) is 25.0 Å². The summed E-state index contributed by atoms with van der Waals surface area (Å²) in [6.45, 7) is 10.6. The highest BCUT2D eigenvalue weighted by atomic mass is 28.4. The molecule has 3 aromatic carbocycles. The molecule has 0 aliphatic carbocycles. The van der Waals surface area contributed by atoms with Crippen LogP contribution in [0.3, 0.4) is 0 Å². The van der Waals surface area contributed by atoms with Crippen LogP contribution < -0.4 is 15.0 Å². The summed E-state index contributed by atoms with van der Waals surface area (Å²) in [6.07, 6.45) is -2.49. The Hall–Kier alpha value is -4.40. The Balaban J connectivity index is 1.43. The maximum absolute atomic E-state index is 12.5. The van der Waals surface area contributed by atoms with Crippen molar-refractivity contribution in [3.63, 3.8) is 0 Å². The second-order valence-electron chi connectivity index (χ2n) is 13.7. The standard InChI is InChI=1S/C36H43N5O7Si/c1-35(2,3)49(6,7)48-31-30(42)28(47-34(31)41-32-29(39-40-41)33(43)38-22-37-32)21-46-36(23-11-9-8-10-12-23,24-13-17-26(44-4)18-14-24)25-15-19-27(45-5)20-16-25/h8-20,22,28,30-31,34,42H,21H2,1-7H3,(H,37,38,43)/t28-,30-,31-,34-/m1/s1. The predicted molar refractivity (Wildman–Crippen MR) is 186 cm³/mol. The lowest BCUT2D eigenvalue weighted by molar-refractivity contribution is -0.0966. The van der Waals surface area contributed by atoms with E-state index in [1.165, 1.54) is 11.0 Å². The van der Waals surface area contributed by atoms with Gasteiger partial charge in [0.2, 0.25) is 0 Å². The Kier molecular flexibility index (Phi) is 9.48. The summed E-state index contributed by atoms with van der Waals surface area (Å²) in [7, 11) is 0.788. The minimum absolute atomic E-state index is 0.0391. The van der Waals surface area contributed by atoms with Crippen LogP contribution in [0.15, 0.2) is 90.0 Å².